The van der Waals surface area contributed by atoms with E-state index >= 15 is 0 Å². The molecule has 1 N–H and O–H groups in total. The molecular weight excluding hydrogens is 288 g/mol. The minimum Gasteiger partial charge on any atom is -0.330 e. The zero-order valence-electron chi connectivity index (χ0n) is 10.9. The molecule has 1 aromatic heterocycles. The van der Waals surface area contributed by atoms with Crippen LogP contribution in [0.2, 0.25) is 5.02 Å². The van der Waals surface area contributed by atoms with Crippen LogP contribution in [-0.4, -0.2) is 4.98 Å². The molecule has 0 unspecified atom stereocenters. The van der Waals surface area contributed by atoms with Crippen molar-refractivity contribution in [3.8, 4) is 11.3 Å². The number of nitrogens with one attached hydrogen (secondary N) is 1. The van der Waals surface area contributed by atoms with Crippen molar-refractivity contribution >= 4 is 33.8 Å². The first kappa shape index (κ1) is 13.2. The second-order valence-electron chi connectivity index (χ2n) is 4.51. The van der Waals surface area contributed by atoms with Crippen LogP contribution in [0.4, 0.5) is 10.8 Å². The van der Waals surface area contributed by atoms with Crippen molar-refractivity contribution in [1.82, 2.24) is 4.98 Å². The van der Waals surface area contributed by atoms with Gasteiger partial charge in [-0.2, -0.15) is 0 Å². The van der Waals surface area contributed by atoms with E-state index in [1.807, 2.05) is 29.6 Å². The van der Waals surface area contributed by atoms with Gasteiger partial charge in [0.1, 0.15) is 0 Å². The maximum atomic E-state index is 6.13. The van der Waals surface area contributed by atoms with Crippen molar-refractivity contribution < 1.29 is 0 Å². The fourth-order valence-electron chi connectivity index (χ4n) is 1.87. The lowest BCUT2D eigenvalue weighted by atomic mass is 10.1. The van der Waals surface area contributed by atoms with Gasteiger partial charge in [-0.05, 0) is 19.1 Å². The van der Waals surface area contributed by atoms with E-state index in [2.05, 4.69) is 41.5 Å². The van der Waals surface area contributed by atoms with E-state index in [0.29, 0.717) is 5.02 Å². The molecule has 20 heavy (non-hydrogen) atoms. The van der Waals surface area contributed by atoms with E-state index < -0.39 is 0 Å². The average Bonchev–Trinajstić information content (AvgIpc) is 2.91. The number of thiazole rings is 1. The Labute approximate surface area is 127 Å². The first-order valence-electron chi connectivity index (χ1n) is 6.26. The van der Waals surface area contributed by atoms with Gasteiger partial charge in [-0.3, -0.25) is 0 Å². The summed E-state index contributed by atoms with van der Waals surface area (Å²) >= 11 is 7.70. The summed E-state index contributed by atoms with van der Waals surface area (Å²) < 4.78 is 0. The molecule has 0 aliphatic carbocycles. The monoisotopic (exact) mass is 300 g/mol. The number of benzene rings is 2. The van der Waals surface area contributed by atoms with Gasteiger partial charge in [0.15, 0.2) is 5.13 Å². The number of hydrogen-bond donors (Lipinski definition) is 1. The van der Waals surface area contributed by atoms with E-state index in [0.717, 1.165) is 22.1 Å². The lowest BCUT2D eigenvalue weighted by Crippen LogP contribution is -1.90. The molecule has 0 amide bonds. The second-order valence-corrected chi connectivity index (χ2v) is 5.77. The summed E-state index contributed by atoms with van der Waals surface area (Å²) in [5, 5.41) is 6.83. The fraction of sp³-hybridized carbons (Fsp3) is 0.0625. The molecule has 0 bridgehead atoms. The molecule has 100 valence electrons. The SMILES string of the molecule is Cc1ccc(-c2csc(Nc3ccccc3Cl)n2)cc1. The van der Waals surface area contributed by atoms with Crippen LogP contribution < -0.4 is 5.32 Å². The average molecular weight is 301 g/mol. The number of aryl methyl sites for hydroxylation is 1. The van der Waals surface area contributed by atoms with Crippen LogP contribution in [0.3, 0.4) is 0 Å². The number of anilines is 2. The first-order valence-corrected chi connectivity index (χ1v) is 7.52. The van der Waals surface area contributed by atoms with Gasteiger partial charge in [0.05, 0.1) is 16.4 Å². The summed E-state index contributed by atoms with van der Waals surface area (Å²) in [5.41, 5.74) is 4.22. The third-order valence-corrected chi connectivity index (χ3v) is 4.05. The van der Waals surface area contributed by atoms with Gasteiger partial charge in [-0.25, -0.2) is 4.98 Å². The highest BCUT2D eigenvalue weighted by Crippen LogP contribution is 2.29. The largest absolute Gasteiger partial charge is 0.330 e. The Morgan fingerprint density at radius 2 is 1.80 bits per heavy atom. The zero-order valence-corrected chi connectivity index (χ0v) is 12.5. The van der Waals surface area contributed by atoms with Crippen molar-refractivity contribution in [2.45, 2.75) is 6.92 Å². The summed E-state index contributed by atoms with van der Waals surface area (Å²) in [6.45, 7) is 2.08. The maximum absolute atomic E-state index is 6.13. The van der Waals surface area contributed by atoms with E-state index in [1.165, 1.54) is 5.56 Å². The normalized spacial score (nSPS) is 10.5. The first-order chi connectivity index (χ1) is 9.72. The molecule has 4 heteroatoms. The highest BCUT2D eigenvalue weighted by Gasteiger charge is 2.06. The van der Waals surface area contributed by atoms with Crippen molar-refractivity contribution in [2.24, 2.45) is 0 Å². The molecule has 0 fully saturated rings. The van der Waals surface area contributed by atoms with Crippen LogP contribution in [-0.2, 0) is 0 Å². The van der Waals surface area contributed by atoms with Gasteiger partial charge >= 0.3 is 0 Å². The number of halogens is 1. The van der Waals surface area contributed by atoms with Crippen LogP contribution in [0.5, 0.6) is 0 Å². The molecule has 0 saturated heterocycles. The summed E-state index contributed by atoms with van der Waals surface area (Å²) in [6, 6.07) is 16.0. The van der Waals surface area contributed by atoms with Gasteiger partial charge in [-0.1, -0.05) is 53.6 Å². The van der Waals surface area contributed by atoms with Crippen molar-refractivity contribution in [1.29, 1.82) is 0 Å². The molecule has 2 nitrogen and oxygen atoms in total. The standard InChI is InChI=1S/C16H13ClN2S/c1-11-6-8-12(9-7-11)15-10-20-16(19-15)18-14-5-3-2-4-13(14)17/h2-10H,1H3,(H,18,19). The van der Waals surface area contributed by atoms with Gasteiger partial charge in [-0.15, -0.1) is 11.3 Å². The molecule has 0 aliphatic rings. The highest BCUT2D eigenvalue weighted by molar-refractivity contribution is 7.14. The predicted molar refractivity (Wildman–Crippen MR) is 87.0 cm³/mol. The van der Waals surface area contributed by atoms with Crippen LogP contribution >= 0.6 is 22.9 Å². The maximum Gasteiger partial charge on any atom is 0.187 e. The Bertz CT molecular complexity index is 719. The fourth-order valence-corrected chi connectivity index (χ4v) is 2.78. The molecule has 0 radical (unpaired) electrons. The van der Waals surface area contributed by atoms with Crippen LogP contribution in [0, 0.1) is 6.92 Å². The predicted octanol–water partition coefficient (Wildman–Crippen LogP) is 5.52. The Balaban J connectivity index is 1.84. The molecule has 0 spiro atoms. The van der Waals surface area contributed by atoms with Gasteiger partial charge < -0.3 is 5.32 Å². The summed E-state index contributed by atoms with van der Waals surface area (Å²) in [5.74, 6) is 0. The molecule has 2 aromatic carbocycles. The minimum absolute atomic E-state index is 0.694. The molecule has 0 atom stereocenters. The van der Waals surface area contributed by atoms with E-state index in [-0.39, 0.29) is 0 Å². The Kier molecular flexibility index (Phi) is 3.72. The topological polar surface area (TPSA) is 24.9 Å². The lowest BCUT2D eigenvalue weighted by Gasteiger charge is -2.04. The second kappa shape index (κ2) is 5.65. The summed E-state index contributed by atoms with van der Waals surface area (Å²) in [6.07, 6.45) is 0. The number of aromatic nitrogens is 1. The molecule has 0 aliphatic heterocycles. The number of nitrogens with zero attached hydrogens (tertiary/aromatic N) is 1. The van der Waals surface area contributed by atoms with Crippen LogP contribution in [0.1, 0.15) is 5.56 Å². The number of rotatable bonds is 3. The third-order valence-electron chi connectivity index (χ3n) is 2.97. The van der Waals surface area contributed by atoms with E-state index in [1.54, 1.807) is 11.3 Å². The van der Waals surface area contributed by atoms with Gasteiger partial charge in [0, 0.05) is 10.9 Å². The lowest BCUT2D eigenvalue weighted by molar-refractivity contribution is 1.37. The van der Waals surface area contributed by atoms with E-state index in [4.69, 9.17) is 11.6 Å². The number of para-hydroxylation sites is 1. The van der Waals surface area contributed by atoms with Crippen LogP contribution in [0.25, 0.3) is 11.3 Å². The minimum atomic E-state index is 0.694. The Morgan fingerprint density at radius 1 is 1.05 bits per heavy atom. The van der Waals surface area contributed by atoms with Gasteiger partial charge in [0.2, 0.25) is 0 Å². The van der Waals surface area contributed by atoms with Crippen LogP contribution in [0.15, 0.2) is 53.9 Å². The van der Waals surface area contributed by atoms with Crippen molar-refractivity contribution in [2.75, 3.05) is 5.32 Å². The van der Waals surface area contributed by atoms with Gasteiger partial charge in [0.25, 0.3) is 0 Å². The van der Waals surface area contributed by atoms with E-state index in [9.17, 15) is 0 Å². The Morgan fingerprint density at radius 3 is 2.55 bits per heavy atom. The third kappa shape index (κ3) is 2.84. The molecule has 3 rings (SSSR count). The summed E-state index contributed by atoms with van der Waals surface area (Å²) in [4.78, 5) is 4.60. The molecular formula is C16H13ClN2S. The molecule has 3 aromatic rings. The zero-order chi connectivity index (χ0) is 13.9. The molecule has 0 saturated carbocycles. The smallest absolute Gasteiger partial charge is 0.187 e. The Hall–Kier alpha value is -1.84. The van der Waals surface area contributed by atoms with Crippen molar-refractivity contribution in [3.05, 3.63) is 64.5 Å². The number of hydrogen-bond acceptors (Lipinski definition) is 3. The molecule has 1 heterocycles. The quantitative estimate of drug-likeness (QED) is 0.689. The highest BCUT2D eigenvalue weighted by atomic mass is 35.5. The summed E-state index contributed by atoms with van der Waals surface area (Å²) in [7, 11) is 0. The van der Waals surface area contributed by atoms with Crippen molar-refractivity contribution in [3.63, 3.8) is 0 Å².